The van der Waals surface area contributed by atoms with E-state index in [2.05, 4.69) is 6.92 Å². The van der Waals surface area contributed by atoms with Crippen molar-refractivity contribution >= 4 is 5.97 Å². The van der Waals surface area contributed by atoms with Crippen molar-refractivity contribution in [1.82, 2.24) is 0 Å². The highest BCUT2D eigenvalue weighted by Gasteiger charge is 2.31. The van der Waals surface area contributed by atoms with Crippen molar-refractivity contribution in [3.8, 4) is 0 Å². The normalized spacial score (nSPS) is 15.2. The molecule has 0 bridgehead atoms. The Hall–Kier alpha value is -1.19. The van der Waals surface area contributed by atoms with Gasteiger partial charge < -0.3 is 35.7 Å². The summed E-state index contributed by atoms with van der Waals surface area (Å²) in [6.07, 6.45) is 14.6. The zero-order valence-corrected chi connectivity index (χ0v) is 21.4. The lowest BCUT2D eigenvalue weighted by Gasteiger charge is -2.25. The molecule has 0 aromatic heterocycles. The summed E-state index contributed by atoms with van der Waals surface area (Å²) in [6, 6.07) is 0. The first-order valence-corrected chi connectivity index (χ1v) is 13.1. The van der Waals surface area contributed by atoms with E-state index in [1.165, 1.54) is 90.4 Å². The third-order valence-electron chi connectivity index (χ3n) is 5.85. The highest BCUT2D eigenvalue weighted by Crippen LogP contribution is 2.14. The second kappa shape index (κ2) is 24.9. The number of carbonyl (C=O) groups is 1. The summed E-state index contributed by atoms with van der Waals surface area (Å²) in [7, 11) is 0. The molecule has 0 saturated heterocycles. The molecular formula is C26H52O8. The second-order valence-corrected chi connectivity index (χ2v) is 8.98. The number of aliphatic hydroxyl groups excluding tert-OH is 6. The molecule has 0 aliphatic heterocycles. The van der Waals surface area contributed by atoms with Crippen molar-refractivity contribution in [3.63, 3.8) is 0 Å². The van der Waals surface area contributed by atoms with Gasteiger partial charge in [0.15, 0.2) is 0 Å². The number of carboxylic acids is 1. The molecule has 0 saturated carbocycles. The fourth-order valence-electron chi connectivity index (χ4n) is 3.52. The SMILES string of the molecule is CC=C(O)C(O)C(O)C(O)C(O)CO.CCCCCCCCCCCCCCCCCC(=O)O. The summed E-state index contributed by atoms with van der Waals surface area (Å²) in [5.41, 5.74) is 0. The van der Waals surface area contributed by atoms with Crippen LogP contribution in [-0.2, 0) is 4.79 Å². The molecule has 0 spiro atoms. The van der Waals surface area contributed by atoms with Gasteiger partial charge in [0.1, 0.15) is 30.2 Å². The summed E-state index contributed by atoms with van der Waals surface area (Å²) in [5.74, 6) is -1.17. The molecule has 0 aromatic carbocycles. The number of carboxylic acid groups (broad SMARTS) is 1. The topological polar surface area (TPSA) is 159 Å². The molecule has 0 aliphatic carbocycles. The average Bonchev–Trinajstić information content (AvgIpc) is 2.84. The lowest BCUT2D eigenvalue weighted by atomic mass is 10.0. The fourth-order valence-corrected chi connectivity index (χ4v) is 3.52. The summed E-state index contributed by atoms with van der Waals surface area (Å²) in [4.78, 5) is 10.3. The third kappa shape index (κ3) is 21.4. The van der Waals surface area contributed by atoms with Crippen LogP contribution >= 0.6 is 0 Å². The minimum atomic E-state index is -1.76. The lowest BCUT2D eigenvalue weighted by molar-refractivity contribution is -0.137. The van der Waals surface area contributed by atoms with Gasteiger partial charge in [-0.1, -0.05) is 96.8 Å². The summed E-state index contributed by atoms with van der Waals surface area (Å²) in [5, 5.41) is 62.4. The molecular weight excluding hydrogens is 440 g/mol. The maximum Gasteiger partial charge on any atom is 0.303 e. The largest absolute Gasteiger partial charge is 0.510 e. The van der Waals surface area contributed by atoms with E-state index < -0.39 is 42.8 Å². The highest BCUT2D eigenvalue weighted by molar-refractivity contribution is 5.66. The summed E-state index contributed by atoms with van der Waals surface area (Å²) in [6.45, 7) is 2.95. The molecule has 4 unspecified atom stereocenters. The molecule has 204 valence electrons. The van der Waals surface area contributed by atoms with Crippen LogP contribution in [0.3, 0.4) is 0 Å². The van der Waals surface area contributed by atoms with Gasteiger partial charge in [-0.15, -0.1) is 0 Å². The van der Waals surface area contributed by atoms with Gasteiger partial charge in [-0.05, 0) is 19.4 Å². The van der Waals surface area contributed by atoms with E-state index in [1.54, 1.807) is 0 Å². The number of rotatable bonds is 21. The molecule has 0 fully saturated rings. The predicted molar refractivity (Wildman–Crippen MR) is 135 cm³/mol. The zero-order chi connectivity index (χ0) is 26.2. The van der Waals surface area contributed by atoms with Crippen LogP contribution in [0.4, 0.5) is 0 Å². The van der Waals surface area contributed by atoms with E-state index in [9.17, 15) is 15.0 Å². The number of aliphatic hydroxyl groups is 6. The van der Waals surface area contributed by atoms with Crippen molar-refractivity contribution in [1.29, 1.82) is 0 Å². The Balaban J connectivity index is 0. The van der Waals surface area contributed by atoms with Crippen LogP contribution in [0, 0.1) is 0 Å². The van der Waals surface area contributed by atoms with Gasteiger partial charge in [0.25, 0.3) is 0 Å². The number of unbranched alkanes of at least 4 members (excludes halogenated alkanes) is 14. The summed E-state index contributed by atoms with van der Waals surface area (Å²) >= 11 is 0. The van der Waals surface area contributed by atoms with E-state index in [-0.39, 0.29) is 0 Å². The Morgan fingerprint density at radius 1 is 0.676 bits per heavy atom. The average molecular weight is 493 g/mol. The fraction of sp³-hybridized carbons (Fsp3) is 0.885. The van der Waals surface area contributed by atoms with Gasteiger partial charge >= 0.3 is 5.97 Å². The van der Waals surface area contributed by atoms with Crippen LogP contribution < -0.4 is 0 Å². The molecule has 0 radical (unpaired) electrons. The number of aliphatic carboxylic acids is 1. The summed E-state index contributed by atoms with van der Waals surface area (Å²) < 4.78 is 0. The molecule has 0 aliphatic rings. The molecule has 7 N–H and O–H groups in total. The van der Waals surface area contributed by atoms with Crippen LogP contribution in [0.15, 0.2) is 11.8 Å². The first kappa shape index (κ1) is 35.0. The molecule has 4 atom stereocenters. The molecule has 0 aromatic rings. The van der Waals surface area contributed by atoms with Gasteiger partial charge in [0.05, 0.1) is 6.61 Å². The van der Waals surface area contributed by atoms with E-state index in [0.717, 1.165) is 18.9 Å². The third-order valence-corrected chi connectivity index (χ3v) is 5.85. The molecule has 8 heteroatoms. The Morgan fingerprint density at radius 2 is 1.06 bits per heavy atom. The highest BCUT2D eigenvalue weighted by atomic mass is 16.4. The predicted octanol–water partition coefficient (Wildman–Crippen LogP) is 4.22. The standard InChI is InChI=1S/C18H36O2.C8H16O6/c1-2-3-4-5-6-7-8-9-10-11-12-13-14-15-16-17-18(19)20;1-2-4(10)6(12)8(14)7(13)5(11)3-9/h2-17H2,1H3,(H,19,20);2,5-14H,3H2,1H3. The molecule has 0 amide bonds. The maximum absolute atomic E-state index is 10.3. The first-order valence-electron chi connectivity index (χ1n) is 13.1. The van der Waals surface area contributed by atoms with Gasteiger partial charge in [0.2, 0.25) is 0 Å². The van der Waals surface area contributed by atoms with Crippen LogP contribution in [0.1, 0.15) is 117 Å². The van der Waals surface area contributed by atoms with E-state index in [0.29, 0.717) is 6.42 Å². The van der Waals surface area contributed by atoms with Gasteiger partial charge in [-0.25, -0.2) is 0 Å². The van der Waals surface area contributed by atoms with Gasteiger partial charge in [-0.2, -0.15) is 0 Å². The first-order chi connectivity index (χ1) is 16.2. The number of hydrogen-bond donors (Lipinski definition) is 7. The van der Waals surface area contributed by atoms with Crippen LogP contribution in [0.2, 0.25) is 0 Å². The van der Waals surface area contributed by atoms with Crippen molar-refractivity contribution in [2.75, 3.05) is 6.61 Å². The Bertz CT molecular complexity index is 483. The monoisotopic (exact) mass is 492 g/mol. The van der Waals surface area contributed by atoms with E-state index >= 15 is 0 Å². The Labute approximate surface area is 206 Å². The van der Waals surface area contributed by atoms with Crippen molar-refractivity contribution in [2.24, 2.45) is 0 Å². The quantitative estimate of drug-likeness (QED) is 0.0926. The molecule has 0 heterocycles. The molecule has 34 heavy (non-hydrogen) atoms. The minimum absolute atomic E-state index is 0.345. The lowest BCUT2D eigenvalue weighted by Crippen LogP contribution is -2.46. The van der Waals surface area contributed by atoms with Crippen molar-refractivity contribution < 1.29 is 40.5 Å². The van der Waals surface area contributed by atoms with Crippen LogP contribution in [-0.4, -0.2) is 72.7 Å². The molecule has 8 nitrogen and oxygen atoms in total. The molecule has 0 rings (SSSR count). The van der Waals surface area contributed by atoms with E-state index in [4.69, 9.17) is 25.5 Å². The number of allylic oxidation sites excluding steroid dienone is 1. The Morgan fingerprint density at radius 3 is 1.38 bits per heavy atom. The minimum Gasteiger partial charge on any atom is -0.510 e. The van der Waals surface area contributed by atoms with Crippen LogP contribution in [0.25, 0.3) is 0 Å². The van der Waals surface area contributed by atoms with Crippen molar-refractivity contribution in [2.45, 2.75) is 141 Å². The van der Waals surface area contributed by atoms with Crippen LogP contribution in [0.5, 0.6) is 0 Å². The van der Waals surface area contributed by atoms with Crippen molar-refractivity contribution in [3.05, 3.63) is 11.8 Å². The maximum atomic E-state index is 10.3. The Kier molecular flexibility index (Phi) is 25.6. The smallest absolute Gasteiger partial charge is 0.303 e. The number of hydrogen-bond acceptors (Lipinski definition) is 7. The second-order valence-electron chi connectivity index (χ2n) is 8.98. The zero-order valence-electron chi connectivity index (χ0n) is 21.4. The van der Waals surface area contributed by atoms with Gasteiger partial charge in [-0.3, -0.25) is 4.79 Å². The van der Waals surface area contributed by atoms with Gasteiger partial charge in [0, 0.05) is 6.42 Å². The van der Waals surface area contributed by atoms with E-state index in [1.807, 2.05) is 0 Å².